The second kappa shape index (κ2) is 6.51. The van der Waals surface area contributed by atoms with Gasteiger partial charge in [-0.15, -0.1) is 0 Å². The molecule has 0 aromatic rings. The van der Waals surface area contributed by atoms with Gasteiger partial charge in [-0.25, -0.2) is 0 Å². The van der Waals surface area contributed by atoms with E-state index in [0.717, 1.165) is 0 Å². The van der Waals surface area contributed by atoms with Gasteiger partial charge in [-0.1, -0.05) is 13.8 Å². The Morgan fingerprint density at radius 1 is 1.53 bits per heavy atom. The Balaban J connectivity index is 2.73. The third-order valence-electron chi connectivity index (χ3n) is 3.15. The van der Waals surface area contributed by atoms with Gasteiger partial charge in [0.05, 0.1) is 19.6 Å². The van der Waals surface area contributed by atoms with Crippen molar-refractivity contribution >= 4 is 17.8 Å². The molecule has 1 heterocycles. The van der Waals surface area contributed by atoms with Crippen LogP contribution in [0.3, 0.4) is 0 Å². The lowest BCUT2D eigenvalue weighted by molar-refractivity contribution is -0.144. The van der Waals surface area contributed by atoms with Gasteiger partial charge in [0.25, 0.3) is 0 Å². The highest BCUT2D eigenvalue weighted by molar-refractivity contribution is 5.82. The zero-order chi connectivity index (χ0) is 14.6. The van der Waals surface area contributed by atoms with E-state index in [2.05, 4.69) is 10.6 Å². The van der Waals surface area contributed by atoms with E-state index >= 15 is 0 Å². The summed E-state index contributed by atoms with van der Waals surface area (Å²) < 4.78 is 4.70. The standard InChI is InChI=1S/C12H20N2O5/c1-6(2)11(12(18)19-3)14-7-4-9(15)13-8(7)5-10(16)17/h6-8,11,14H,4-5H2,1-3H3,(H,13,15)(H,16,17)/t7-,8+,11-/m0/s1. The molecule has 0 saturated carbocycles. The Hall–Kier alpha value is -1.63. The van der Waals surface area contributed by atoms with Gasteiger partial charge in [0.15, 0.2) is 0 Å². The smallest absolute Gasteiger partial charge is 0.323 e. The van der Waals surface area contributed by atoms with Gasteiger partial charge in [0, 0.05) is 12.5 Å². The van der Waals surface area contributed by atoms with E-state index in [4.69, 9.17) is 9.84 Å². The van der Waals surface area contributed by atoms with Crippen molar-refractivity contribution in [3.05, 3.63) is 0 Å². The number of nitrogens with one attached hydrogen (secondary N) is 2. The number of methoxy groups -OCH3 is 1. The van der Waals surface area contributed by atoms with Crippen LogP contribution in [-0.2, 0) is 19.1 Å². The molecule has 0 aromatic heterocycles. The molecule has 0 bridgehead atoms. The highest BCUT2D eigenvalue weighted by Crippen LogP contribution is 2.15. The Morgan fingerprint density at radius 2 is 2.16 bits per heavy atom. The molecule has 1 saturated heterocycles. The van der Waals surface area contributed by atoms with Crippen LogP contribution < -0.4 is 10.6 Å². The lowest BCUT2D eigenvalue weighted by Crippen LogP contribution is -2.51. The van der Waals surface area contributed by atoms with E-state index in [9.17, 15) is 14.4 Å². The van der Waals surface area contributed by atoms with Crippen molar-refractivity contribution in [3.63, 3.8) is 0 Å². The molecule has 7 heteroatoms. The van der Waals surface area contributed by atoms with Crippen molar-refractivity contribution in [1.29, 1.82) is 0 Å². The highest BCUT2D eigenvalue weighted by Gasteiger charge is 2.37. The number of carboxylic acid groups (broad SMARTS) is 1. The monoisotopic (exact) mass is 272 g/mol. The number of carbonyl (C=O) groups is 3. The first-order valence-electron chi connectivity index (χ1n) is 6.20. The fraction of sp³-hybridized carbons (Fsp3) is 0.750. The Kier molecular flexibility index (Phi) is 5.29. The lowest BCUT2D eigenvalue weighted by atomic mass is 10.00. The van der Waals surface area contributed by atoms with Crippen molar-refractivity contribution in [2.75, 3.05) is 7.11 Å². The van der Waals surface area contributed by atoms with Crippen LogP contribution in [0.1, 0.15) is 26.7 Å². The summed E-state index contributed by atoms with van der Waals surface area (Å²) in [5, 5.41) is 14.4. The third kappa shape index (κ3) is 4.20. The van der Waals surface area contributed by atoms with Crippen molar-refractivity contribution in [2.45, 2.75) is 44.8 Å². The fourth-order valence-electron chi connectivity index (χ4n) is 2.16. The van der Waals surface area contributed by atoms with Crippen molar-refractivity contribution in [1.82, 2.24) is 10.6 Å². The largest absolute Gasteiger partial charge is 0.481 e. The summed E-state index contributed by atoms with van der Waals surface area (Å²) >= 11 is 0. The molecule has 1 fully saturated rings. The van der Waals surface area contributed by atoms with Gasteiger partial charge in [-0.2, -0.15) is 0 Å². The molecule has 1 aliphatic heterocycles. The summed E-state index contributed by atoms with van der Waals surface area (Å²) in [6.07, 6.45) is -0.00639. The van der Waals surface area contributed by atoms with Crippen molar-refractivity contribution in [3.8, 4) is 0 Å². The highest BCUT2D eigenvalue weighted by atomic mass is 16.5. The first kappa shape index (κ1) is 15.4. The van der Waals surface area contributed by atoms with E-state index in [1.165, 1.54) is 7.11 Å². The Bertz CT molecular complexity index is 369. The molecular weight excluding hydrogens is 252 g/mol. The molecule has 1 amide bonds. The number of rotatable bonds is 6. The minimum Gasteiger partial charge on any atom is -0.481 e. The molecule has 0 aliphatic carbocycles. The topological polar surface area (TPSA) is 105 Å². The molecule has 3 atom stereocenters. The number of carboxylic acids is 1. The predicted molar refractivity (Wildman–Crippen MR) is 66.4 cm³/mol. The summed E-state index contributed by atoms with van der Waals surface area (Å²) in [5.74, 6) is -1.63. The maximum absolute atomic E-state index is 11.6. The van der Waals surface area contributed by atoms with Crippen molar-refractivity contribution < 1.29 is 24.2 Å². The van der Waals surface area contributed by atoms with E-state index in [-0.39, 0.29) is 30.7 Å². The van der Waals surface area contributed by atoms with Gasteiger partial charge in [0.1, 0.15) is 6.04 Å². The van der Waals surface area contributed by atoms with Crippen LogP contribution in [0.4, 0.5) is 0 Å². The Labute approximate surface area is 111 Å². The van der Waals surface area contributed by atoms with Crippen LogP contribution in [0.2, 0.25) is 0 Å². The number of esters is 1. The second-order valence-corrected chi connectivity index (χ2v) is 4.99. The van der Waals surface area contributed by atoms with Gasteiger partial charge in [-0.05, 0) is 5.92 Å². The number of amides is 1. The van der Waals surface area contributed by atoms with Gasteiger partial charge in [0.2, 0.25) is 5.91 Å². The maximum Gasteiger partial charge on any atom is 0.323 e. The molecule has 0 spiro atoms. The molecule has 7 nitrogen and oxygen atoms in total. The number of hydrogen-bond donors (Lipinski definition) is 3. The van der Waals surface area contributed by atoms with Crippen LogP contribution in [0, 0.1) is 5.92 Å². The minimum atomic E-state index is -0.988. The van der Waals surface area contributed by atoms with Gasteiger partial charge in [-0.3, -0.25) is 19.7 Å². The average molecular weight is 272 g/mol. The van der Waals surface area contributed by atoms with Gasteiger partial charge >= 0.3 is 11.9 Å². The van der Waals surface area contributed by atoms with E-state index in [1.807, 2.05) is 13.8 Å². The summed E-state index contributed by atoms with van der Waals surface area (Å²) in [4.78, 5) is 33.8. The minimum absolute atomic E-state index is 0.0198. The van der Waals surface area contributed by atoms with Gasteiger partial charge < -0.3 is 15.2 Å². The molecule has 1 aliphatic rings. The number of hydrogen-bond acceptors (Lipinski definition) is 5. The van der Waals surface area contributed by atoms with Crippen LogP contribution in [0.25, 0.3) is 0 Å². The summed E-state index contributed by atoms with van der Waals surface area (Å²) in [6, 6.07) is -1.44. The summed E-state index contributed by atoms with van der Waals surface area (Å²) in [6.45, 7) is 3.70. The van der Waals surface area contributed by atoms with Crippen LogP contribution >= 0.6 is 0 Å². The number of ether oxygens (including phenoxy) is 1. The molecular formula is C12H20N2O5. The first-order chi connectivity index (χ1) is 8.85. The molecule has 1 rings (SSSR count). The molecule has 0 aromatic carbocycles. The molecule has 19 heavy (non-hydrogen) atoms. The van der Waals surface area contributed by atoms with Crippen LogP contribution in [-0.4, -0.2) is 48.2 Å². The summed E-state index contributed by atoms with van der Waals surface area (Å²) in [5.41, 5.74) is 0. The normalized spacial score (nSPS) is 24.1. The fourth-order valence-corrected chi connectivity index (χ4v) is 2.16. The molecule has 0 radical (unpaired) electrons. The Morgan fingerprint density at radius 3 is 2.63 bits per heavy atom. The molecule has 3 N–H and O–H groups in total. The predicted octanol–water partition coefficient (Wildman–Crippen LogP) is -0.495. The number of carbonyl (C=O) groups excluding carboxylic acids is 2. The molecule has 0 unspecified atom stereocenters. The van der Waals surface area contributed by atoms with Crippen LogP contribution in [0.5, 0.6) is 0 Å². The first-order valence-corrected chi connectivity index (χ1v) is 6.20. The second-order valence-electron chi connectivity index (χ2n) is 4.99. The van der Waals surface area contributed by atoms with Crippen molar-refractivity contribution in [2.24, 2.45) is 5.92 Å². The average Bonchev–Trinajstić information content (AvgIpc) is 2.64. The zero-order valence-corrected chi connectivity index (χ0v) is 11.3. The van der Waals surface area contributed by atoms with Crippen LogP contribution in [0.15, 0.2) is 0 Å². The van der Waals surface area contributed by atoms with E-state index in [1.54, 1.807) is 0 Å². The number of aliphatic carboxylic acids is 1. The third-order valence-corrected chi connectivity index (χ3v) is 3.15. The lowest BCUT2D eigenvalue weighted by Gasteiger charge is -2.26. The van der Waals surface area contributed by atoms with E-state index < -0.39 is 24.0 Å². The molecule has 108 valence electrons. The maximum atomic E-state index is 11.6. The SMILES string of the molecule is COC(=O)[C@@H](N[C@H]1CC(=O)N[C@@H]1CC(=O)O)C(C)C. The zero-order valence-electron chi connectivity index (χ0n) is 11.3. The quantitative estimate of drug-likeness (QED) is 0.563. The summed E-state index contributed by atoms with van der Waals surface area (Å²) in [7, 11) is 1.30. The van der Waals surface area contributed by atoms with E-state index in [0.29, 0.717) is 0 Å².